The Morgan fingerprint density at radius 2 is 1.89 bits per heavy atom. The van der Waals surface area contributed by atoms with Crippen molar-refractivity contribution < 1.29 is 46.1 Å². The first-order valence-electron chi connectivity index (χ1n) is 13.8. The van der Waals surface area contributed by atoms with E-state index in [1.54, 1.807) is 10.9 Å². The van der Waals surface area contributed by atoms with Gasteiger partial charge in [0.25, 0.3) is 5.91 Å². The molecule has 1 aliphatic heterocycles. The van der Waals surface area contributed by atoms with E-state index in [1.807, 2.05) is 0 Å². The Balaban J connectivity index is 1.43. The molecule has 4 aromatic rings. The van der Waals surface area contributed by atoms with E-state index in [0.29, 0.717) is 23.0 Å². The Labute approximate surface area is 262 Å². The second-order valence-electron chi connectivity index (χ2n) is 11.5. The maximum atomic E-state index is 14.8. The lowest BCUT2D eigenvalue weighted by atomic mass is 9.81. The summed E-state index contributed by atoms with van der Waals surface area (Å²) in [6.07, 6.45) is -1.89. The van der Waals surface area contributed by atoms with Gasteiger partial charge in [-0.1, -0.05) is 11.6 Å². The van der Waals surface area contributed by atoms with Crippen LogP contribution in [0.4, 0.5) is 22.0 Å². The van der Waals surface area contributed by atoms with Crippen molar-refractivity contribution in [3.63, 3.8) is 0 Å². The molecule has 0 saturated heterocycles. The second-order valence-corrected chi connectivity index (χ2v) is 11.9. The van der Waals surface area contributed by atoms with Gasteiger partial charge >= 0.3 is 6.18 Å². The molecule has 0 radical (unpaired) electrons. The van der Waals surface area contributed by atoms with E-state index in [0.717, 1.165) is 18.9 Å². The number of amides is 2. The number of aromatic nitrogens is 3. The first-order chi connectivity index (χ1) is 21.6. The molecule has 2 atom stereocenters. The first-order valence-corrected chi connectivity index (χ1v) is 14.2. The highest BCUT2D eigenvalue weighted by Gasteiger charge is 2.58. The zero-order valence-electron chi connectivity index (χ0n) is 24.1. The van der Waals surface area contributed by atoms with Gasteiger partial charge in [-0.3, -0.25) is 14.3 Å². The van der Waals surface area contributed by atoms with Crippen molar-refractivity contribution in [2.24, 2.45) is 5.73 Å². The molecule has 46 heavy (non-hydrogen) atoms. The van der Waals surface area contributed by atoms with Crippen LogP contribution >= 0.6 is 11.6 Å². The third kappa shape index (κ3) is 5.07. The van der Waals surface area contributed by atoms with Crippen molar-refractivity contribution in [1.29, 1.82) is 0 Å². The van der Waals surface area contributed by atoms with E-state index in [4.69, 9.17) is 26.8 Å². The SMILES string of the molecule is COc1cc(C(=O)NCC(O)(c2cc3c(c(-c4cc(F)c(F)cc4Cl)n2)OC[C@]3(C)C(N)=O)C(F)(F)F)cc2cn(C3CC3)nc12. The number of ether oxygens (including phenoxy) is 2. The average Bonchev–Trinajstić information content (AvgIpc) is 3.67. The third-order valence-corrected chi connectivity index (χ3v) is 8.59. The van der Waals surface area contributed by atoms with Gasteiger partial charge in [0.05, 0.1) is 30.4 Å². The molecule has 16 heteroatoms. The summed E-state index contributed by atoms with van der Waals surface area (Å²) in [4.78, 5) is 29.6. The Kier molecular flexibility index (Phi) is 7.39. The molecule has 6 rings (SSSR count). The van der Waals surface area contributed by atoms with Gasteiger partial charge in [-0.15, -0.1) is 0 Å². The number of rotatable bonds is 8. The van der Waals surface area contributed by atoms with Crippen LogP contribution in [0.3, 0.4) is 0 Å². The molecule has 2 aromatic heterocycles. The number of aliphatic hydroxyl groups is 1. The summed E-state index contributed by atoms with van der Waals surface area (Å²) in [6, 6.07) is 4.91. The van der Waals surface area contributed by atoms with Gasteiger partial charge in [0, 0.05) is 28.3 Å². The Hall–Kier alpha value is -4.50. The fourth-order valence-corrected chi connectivity index (χ4v) is 5.51. The van der Waals surface area contributed by atoms with Gasteiger partial charge in [0.2, 0.25) is 11.5 Å². The molecule has 2 amide bonds. The van der Waals surface area contributed by atoms with Crippen LogP contribution in [0.1, 0.15) is 47.4 Å². The molecule has 2 aromatic carbocycles. The monoisotopic (exact) mass is 665 g/mol. The maximum absolute atomic E-state index is 14.8. The Bertz CT molecular complexity index is 1930. The molecule has 1 fully saturated rings. The minimum absolute atomic E-state index is 0.0740. The van der Waals surface area contributed by atoms with Crippen LogP contribution in [0.25, 0.3) is 22.2 Å². The van der Waals surface area contributed by atoms with Gasteiger partial charge in [0.15, 0.2) is 11.6 Å². The number of carbonyl (C=O) groups is 2. The van der Waals surface area contributed by atoms with Crippen molar-refractivity contribution in [2.45, 2.75) is 43.0 Å². The Morgan fingerprint density at radius 1 is 1.20 bits per heavy atom. The molecule has 2 aliphatic rings. The van der Waals surface area contributed by atoms with Crippen LogP contribution < -0.4 is 20.5 Å². The molecule has 1 unspecified atom stereocenters. The molecule has 1 aliphatic carbocycles. The van der Waals surface area contributed by atoms with Crippen molar-refractivity contribution >= 4 is 34.3 Å². The van der Waals surface area contributed by atoms with Crippen LogP contribution in [-0.4, -0.2) is 58.1 Å². The zero-order chi connectivity index (χ0) is 33.3. The predicted octanol–water partition coefficient (Wildman–Crippen LogP) is 4.69. The number of alkyl halides is 3. The van der Waals surface area contributed by atoms with Crippen LogP contribution in [0.15, 0.2) is 36.5 Å². The number of halogens is 6. The van der Waals surface area contributed by atoms with E-state index in [-0.39, 0.29) is 34.2 Å². The highest BCUT2D eigenvalue weighted by atomic mass is 35.5. The lowest BCUT2D eigenvalue weighted by Crippen LogP contribution is -2.51. The maximum Gasteiger partial charge on any atom is 0.424 e. The molecule has 3 heterocycles. The molecule has 4 N–H and O–H groups in total. The summed E-state index contributed by atoms with van der Waals surface area (Å²) >= 11 is 6.13. The van der Waals surface area contributed by atoms with E-state index < -0.39 is 70.2 Å². The number of primary amides is 1. The normalized spacial score (nSPS) is 19.0. The quantitative estimate of drug-likeness (QED) is 0.183. The zero-order valence-corrected chi connectivity index (χ0v) is 24.9. The van der Waals surface area contributed by atoms with Crippen LogP contribution in [0, 0.1) is 11.6 Å². The largest absolute Gasteiger partial charge is 0.494 e. The van der Waals surface area contributed by atoms with E-state index in [9.17, 15) is 36.6 Å². The van der Waals surface area contributed by atoms with E-state index in [1.165, 1.54) is 26.2 Å². The topological polar surface area (TPSA) is 142 Å². The molecule has 0 spiro atoms. The van der Waals surface area contributed by atoms with Crippen LogP contribution in [-0.2, 0) is 15.8 Å². The highest BCUT2D eigenvalue weighted by molar-refractivity contribution is 6.33. The van der Waals surface area contributed by atoms with Gasteiger partial charge in [-0.25, -0.2) is 13.8 Å². The van der Waals surface area contributed by atoms with Crippen molar-refractivity contribution in [2.75, 3.05) is 20.3 Å². The number of nitrogens with two attached hydrogens (primary N) is 1. The van der Waals surface area contributed by atoms with Gasteiger partial charge in [-0.05, 0) is 50.1 Å². The number of nitrogens with one attached hydrogen (secondary N) is 1. The number of hydrogen-bond donors (Lipinski definition) is 3. The number of pyridine rings is 1. The third-order valence-electron chi connectivity index (χ3n) is 8.27. The molecule has 1 saturated carbocycles. The van der Waals surface area contributed by atoms with Crippen molar-refractivity contribution in [3.8, 4) is 22.8 Å². The summed E-state index contributed by atoms with van der Waals surface area (Å²) in [7, 11) is 1.36. The number of nitrogens with zero attached hydrogens (tertiary/aromatic N) is 3. The fraction of sp³-hybridized carbons (Fsp3) is 0.333. The summed E-state index contributed by atoms with van der Waals surface area (Å²) in [5.41, 5.74) is -1.82. The number of fused-ring (bicyclic) bond motifs is 2. The molecule has 10 nitrogen and oxygen atoms in total. The van der Waals surface area contributed by atoms with E-state index in [2.05, 4.69) is 15.4 Å². The lowest BCUT2D eigenvalue weighted by Gasteiger charge is -2.31. The molecular weight excluding hydrogens is 641 g/mol. The smallest absolute Gasteiger partial charge is 0.424 e. The van der Waals surface area contributed by atoms with Crippen LogP contribution in [0.5, 0.6) is 11.5 Å². The lowest BCUT2D eigenvalue weighted by molar-refractivity contribution is -0.265. The van der Waals surface area contributed by atoms with E-state index >= 15 is 0 Å². The predicted molar refractivity (Wildman–Crippen MR) is 153 cm³/mol. The minimum atomic E-state index is -5.47. The van der Waals surface area contributed by atoms with Crippen molar-refractivity contribution in [3.05, 3.63) is 70.0 Å². The highest BCUT2D eigenvalue weighted by Crippen LogP contribution is 2.49. The average molecular weight is 666 g/mol. The van der Waals surface area contributed by atoms with Crippen molar-refractivity contribution in [1.82, 2.24) is 20.1 Å². The number of hydrogen-bond acceptors (Lipinski definition) is 7. The fourth-order valence-electron chi connectivity index (χ4n) is 5.27. The van der Waals surface area contributed by atoms with Gasteiger partial charge in [0.1, 0.15) is 34.7 Å². The first kappa shape index (κ1) is 31.5. The number of carbonyl (C=O) groups excluding carboxylic acids is 2. The summed E-state index contributed by atoms with van der Waals surface area (Å²) < 4.78 is 85.1. The molecular formula is C30H25ClF5N5O5. The summed E-state index contributed by atoms with van der Waals surface area (Å²) in [6.45, 7) is -0.577. The summed E-state index contributed by atoms with van der Waals surface area (Å²) in [5.74, 6) is -4.76. The Morgan fingerprint density at radius 3 is 2.52 bits per heavy atom. The standard InChI is InChI=1S/C30H25ClF5N5O5/c1-28(27(37)43)12-46-25-17(28)8-22(39-24(25)16-7-19(32)20(33)9-18(16)31)29(44,30(34,35)36)11-38-26(42)13-5-14-10-41(15-3-4-15)40-23(14)21(6-13)45-2/h5-10,15,44H,3-4,11-12H2,1-2H3,(H2,37,43)(H,38,42)/t28-,29?/m0/s1. The van der Waals surface area contributed by atoms with Crippen LogP contribution in [0.2, 0.25) is 5.02 Å². The van der Waals surface area contributed by atoms with Gasteiger partial charge in [-0.2, -0.15) is 18.3 Å². The molecule has 242 valence electrons. The second kappa shape index (κ2) is 10.8. The summed E-state index contributed by atoms with van der Waals surface area (Å²) in [5, 5.41) is 17.9. The van der Waals surface area contributed by atoms with Gasteiger partial charge < -0.3 is 25.6 Å². The number of benzene rings is 2. The minimum Gasteiger partial charge on any atom is -0.494 e. The number of methoxy groups -OCH3 is 1. The molecule has 0 bridgehead atoms.